The molecule has 0 saturated carbocycles. The molecular weight excluding hydrogens is 188 g/mol. The molecule has 0 atom stereocenters. The quantitative estimate of drug-likeness (QED) is 0.759. The topological polar surface area (TPSA) is 32.3 Å². The van der Waals surface area contributed by atoms with E-state index in [1.54, 1.807) is 0 Å². The second-order valence-corrected chi connectivity index (χ2v) is 4.09. The first-order chi connectivity index (χ1) is 7.20. The Labute approximate surface area is 90.1 Å². The molecule has 0 spiro atoms. The number of amides is 1. The fourth-order valence-corrected chi connectivity index (χ4v) is 1.82. The predicted molar refractivity (Wildman–Crippen MR) is 62.1 cm³/mol. The highest BCUT2D eigenvalue weighted by Crippen LogP contribution is 2.29. The molecule has 1 aliphatic heterocycles. The smallest absolute Gasteiger partial charge is 0.229 e. The van der Waals surface area contributed by atoms with Gasteiger partial charge in [0.1, 0.15) is 0 Å². The maximum absolute atomic E-state index is 12.0. The van der Waals surface area contributed by atoms with Crippen LogP contribution in [0.2, 0.25) is 0 Å². The molecule has 0 saturated heterocycles. The first kappa shape index (κ1) is 10.0. The molecule has 3 heteroatoms. The number of carbonyl (C=O) groups is 1. The van der Waals surface area contributed by atoms with Gasteiger partial charge in [0, 0.05) is 19.0 Å². The number of nitrogens with zero attached hydrogens (tertiary/aromatic N) is 1. The molecule has 1 aromatic carbocycles. The van der Waals surface area contributed by atoms with E-state index in [0.29, 0.717) is 0 Å². The molecule has 1 aromatic rings. The average molecular weight is 204 g/mol. The van der Waals surface area contributed by atoms with Gasteiger partial charge in [-0.25, -0.2) is 0 Å². The van der Waals surface area contributed by atoms with Gasteiger partial charge in [-0.3, -0.25) is 4.79 Å². The molecule has 0 aliphatic carbocycles. The lowest BCUT2D eigenvalue weighted by atomic mass is 10.1. The molecule has 0 radical (unpaired) electrons. The van der Waals surface area contributed by atoms with Gasteiger partial charge in [-0.05, 0) is 12.1 Å². The van der Waals surface area contributed by atoms with Crippen LogP contribution in [-0.4, -0.2) is 19.0 Å². The third kappa shape index (κ3) is 1.82. The van der Waals surface area contributed by atoms with Gasteiger partial charge in [0.25, 0.3) is 0 Å². The minimum absolute atomic E-state index is 0.0520. The number of benzene rings is 1. The highest BCUT2D eigenvalue weighted by molar-refractivity contribution is 5.98. The molecule has 1 amide bonds. The summed E-state index contributed by atoms with van der Waals surface area (Å²) in [6.07, 6.45) is 0. The van der Waals surface area contributed by atoms with Gasteiger partial charge in [-0.15, -0.1) is 0 Å². The lowest BCUT2D eigenvalue weighted by Gasteiger charge is -2.31. The SMILES string of the molecule is CC(C)C(=O)N1CCNc2ccccc21. The van der Waals surface area contributed by atoms with E-state index in [9.17, 15) is 4.79 Å². The molecule has 1 aliphatic rings. The number of hydrogen-bond acceptors (Lipinski definition) is 2. The molecule has 1 heterocycles. The summed E-state index contributed by atoms with van der Waals surface area (Å²) >= 11 is 0. The number of para-hydroxylation sites is 2. The van der Waals surface area contributed by atoms with Crippen LogP contribution in [0.15, 0.2) is 24.3 Å². The van der Waals surface area contributed by atoms with Crippen molar-refractivity contribution in [3.63, 3.8) is 0 Å². The molecule has 80 valence electrons. The summed E-state index contributed by atoms with van der Waals surface area (Å²) in [7, 11) is 0. The lowest BCUT2D eigenvalue weighted by molar-refractivity contribution is -0.121. The monoisotopic (exact) mass is 204 g/mol. The van der Waals surface area contributed by atoms with Crippen molar-refractivity contribution in [2.24, 2.45) is 5.92 Å². The number of hydrogen-bond donors (Lipinski definition) is 1. The van der Waals surface area contributed by atoms with Gasteiger partial charge in [-0.1, -0.05) is 26.0 Å². The molecule has 0 bridgehead atoms. The Balaban J connectivity index is 2.34. The summed E-state index contributed by atoms with van der Waals surface area (Å²) in [5, 5.41) is 3.29. The van der Waals surface area contributed by atoms with E-state index in [1.165, 1.54) is 0 Å². The second kappa shape index (κ2) is 3.93. The zero-order valence-electron chi connectivity index (χ0n) is 9.16. The number of nitrogens with one attached hydrogen (secondary N) is 1. The first-order valence-electron chi connectivity index (χ1n) is 5.34. The van der Waals surface area contributed by atoms with Gasteiger partial charge in [0.15, 0.2) is 0 Å². The third-order valence-corrected chi connectivity index (χ3v) is 2.61. The van der Waals surface area contributed by atoms with Crippen LogP contribution in [0.4, 0.5) is 11.4 Å². The highest BCUT2D eigenvalue weighted by Gasteiger charge is 2.23. The Morgan fingerprint density at radius 1 is 1.40 bits per heavy atom. The van der Waals surface area contributed by atoms with Crippen LogP contribution >= 0.6 is 0 Å². The third-order valence-electron chi connectivity index (χ3n) is 2.61. The van der Waals surface area contributed by atoms with E-state index in [4.69, 9.17) is 0 Å². The fraction of sp³-hybridized carbons (Fsp3) is 0.417. The van der Waals surface area contributed by atoms with Crippen molar-refractivity contribution in [2.75, 3.05) is 23.3 Å². The van der Waals surface area contributed by atoms with Gasteiger partial charge < -0.3 is 10.2 Å². The van der Waals surface area contributed by atoms with Crippen molar-refractivity contribution in [3.8, 4) is 0 Å². The molecule has 1 N–H and O–H groups in total. The first-order valence-corrected chi connectivity index (χ1v) is 5.34. The molecule has 0 fully saturated rings. The maximum atomic E-state index is 12.0. The molecule has 15 heavy (non-hydrogen) atoms. The minimum atomic E-state index is 0.0520. The van der Waals surface area contributed by atoms with Crippen molar-refractivity contribution < 1.29 is 4.79 Å². The van der Waals surface area contributed by atoms with E-state index in [0.717, 1.165) is 24.5 Å². The summed E-state index contributed by atoms with van der Waals surface area (Å²) < 4.78 is 0. The number of carbonyl (C=O) groups excluding carboxylic acids is 1. The van der Waals surface area contributed by atoms with Crippen LogP contribution in [0, 0.1) is 5.92 Å². The Bertz CT molecular complexity index is 374. The van der Waals surface area contributed by atoms with Gasteiger partial charge in [-0.2, -0.15) is 0 Å². The molecular formula is C12H16N2O. The van der Waals surface area contributed by atoms with E-state index < -0.39 is 0 Å². The summed E-state index contributed by atoms with van der Waals surface area (Å²) in [5.74, 6) is 0.250. The Kier molecular flexibility index (Phi) is 2.62. The van der Waals surface area contributed by atoms with Gasteiger partial charge in [0.05, 0.1) is 11.4 Å². The van der Waals surface area contributed by atoms with Crippen molar-refractivity contribution in [2.45, 2.75) is 13.8 Å². The van der Waals surface area contributed by atoms with Crippen molar-refractivity contribution in [1.82, 2.24) is 0 Å². The van der Waals surface area contributed by atoms with E-state index in [2.05, 4.69) is 5.32 Å². The predicted octanol–water partition coefficient (Wildman–Crippen LogP) is 2.10. The Hall–Kier alpha value is -1.51. The molecule has 0 unspecified atom stereocenters. The molecule has 3 nitrogen and oxygen atoms in total. The fourth-order valence-electron chi connectivity index (χ4n) is 1.82. The van der Waals surface area contributed by atoms with E-state index >= 15 is 0 Å². The summed E-state index contributed by atoms with van der Waals surface area (Å²) in [6, 6.07) is 7.94. The Morgan fingerprint density at radius 3 is 2.87 bits per heavy atom. The van der Waals surface area contributed by atoms with Crippen molar-refractivity contribution in [1.29, 1.82) is 0 Å². The minimum Gasteiger partial charge on any atom is -0.382 e. The zero-order valence-corrected chi connectivity index (χ0v) is 9.16. The number of rotatable bonds is 1. The molecule has 0 aromatic heterocycles. The standard InChI is InChI=1S/C12H16N2O/c1-9(2)12(15)14-8-7-13-10-5-3-4-6-11(10)14/h3-6,9,13H,7-8H2,1-2H3. The zero-order chi connectivity index (χ0) is 10.8. The molecule has 2 rings (SSSR count). The summed E-state index contributed by atoms with van der Waals surface area (Å²) in [5.41, 5.74) is 2.06. The maximum Gasteiger partial charge on any atom is 0.229 e. The van der Waals surface area contributed by atoms with Crippen LogP contribution in [0.5, 0.6) is 0 Å². The normalized spacial score (nSPS) is 14.7. The Morgan fingerprint density at radius 2 is 2.13 bits per heavy atom. The largest absolute Gasteiger partial charge is 0.382 e. The van der Waals surface area contributed by atoms with Crippen molar-refractivity contribution >= 4 is 17.3 Å². The van der Waals surface area contributed by atoms with Gasteiger partial charge in [0.2, 0.25) is 5.91 Å². The van der Waals surface area contributed by atoms with Crippen molar-refractivity contribution in [3.05, 3.63) is 24.3 Å². The lowest BCUT2D eigenvalue weighted by Crippen LogP contribution is -2.41. The van der Waals surface area contributed by atoms with Gasteiger partial charge >= 0.3 is 0 Å². The highest BCUT2D eigenvalue weighted by atomic mass is 16.2. The van der Waals surface area contributed by atoms with Crippen LogP contribution < -0.4 is 10.2 Å². The second-order valence-electron chi connectivity index (χ2n) is 4.09. The van der Waals surface area contributed by atoms with E-state index in [-0.39, 0.29) is 11.8 Å². The van der Waals surface area contributed by atoms with Crippen LogP contribution in [-0.2, 0) is 4.79 Å². The number of fused-ring (bicyclic) bond motifs is 1. The van der Waals surface area contributed by atoms with Crippen LogP contribution in [0.25, 0.3) is 0 Å². The average Bonchev–Trinajstić information content (AvgIpc) is 2.27. The summed E-state index contributed by atoms with van der Waals surface area (Å²) in [6.45, 7) is 5.46. The summed E-state index contributed by atoms with van der Waals surface area (Å²) in [4.78, 5) is 13.8. The number of anilines is 2. The van der Waals surface area contributed by atoms with Crippen LogP contribution in [0.3, 0.4) is 0 Å². The van der Waals surface area contributed by atoms with Crippen LogP contribution in [0.1, 0.15) is 13.8 Å². The van der Waals surface area contributed by atoms with E-state index in [1.807, 2.05) is 43.0 Å².